The Bertz CT molecular complexity index is 597. The van der Waals surface area contributed by atoms with Crippen LogP contribution in [0.2, 0.25) is 0 Å². The molecule has 4 nitrogen and oxygen atoms in total. The molecule has 0 unspecified atom stereocenters. The summed E-state index contributed by atoms with van der Waals surface area (Å²) < 4.78 is 1.01. The quantitative estimate of drug-likeness (QED) is 0.731. The predicted molar refractivity (Wildman–Crippen MR) is 69.2 cm³/mol. The smallest absolute Gasteiger partial charge is 0.185 e. The molecule has 1 saturated carbocycles. The fourth-order valence-electron chi connectivity index (χ4n) is 2.29. The highest BCUT2D eigenvalue weighted by Crippen LogP contribution is 2.73. The lowest BCUT2D eigenvalue weighted by molar-refractivity contribution is 0.727. The molecule has 1 aliphatic rings. The van der Waals surface area contributed by atoms with Crippen molar-refractivity contribution in [1.29, 1.82) is 21.0 Å². The lowest BCUT2D eigenvalue weighted by Crippen LogP contribution is -2.05. The minimum atomic E-state index is -1.55. The third-order valence-electron chi connectivity index (χ3n) is 3.31. The largest absolute Gasteiger partial charge is 0.196 e. The highest BCUT2D eigenvalue weighted by Gasteiger charge is 2.81. The highest BCUT2D eigenvalue weighted by atomic mass is 127. The molecule has 0 atom stereocenters. The summed E-state index contributed by atoms with van der Waals surface area (Å²) in [6.45, 7) is 0. The summed E-state index contributed by atoms with van der Waals surface area (Å²) in [5, 5.41) is 36.7. The molecule has 2 rings (SSSR count). The lowest BCUT2D eigenvalue weighted by atomic mass is 9.98. The normalized spacial score (nSPS) is 18.7. The average molecular weight is 344 g/mol. The molecule has 0 amide bonds. The third kappa shape index (κ3) is 1.26. The first kappa shape index (κ1) is 12.4. The summed E-state index contributed by atoms with van der Waals surface area (Å²) >= 11 is 2.14. The van der Waals surface area contributed by atoms with Crippen LogP contribution in [0.1, 0.15) is 11.5 Å². The van der Waals surface area contributed by atoms with Crippen LogP contribution >= 0.6 is 22.6 Å². The Morgan fingerprint density at radius 3 is 1.56 bits per heavy atom. The van der Waals surface area contributed by atoms with Crippen LogP contribution in [0.5, 0.6) is 0 Å². The molecule has 0 bridgehead atoms. The van der Waals surface area contributed by atoms with Crippen LogP contribution in [0.15, 0.2) is 24.3 Å². The van der Waals surface area contributed by atoms with Crippen molar-refractivity contribution in [2.75, 3.05) is 0 Å². The van der Waals surface area contributed by atoms with Crippen LogP contribution in [0.25, 0.3) is 0 Å². The summed E-state index contributed by atoms with van der Waals surface area (Å²) in [7, 11) is 0. The number of hydrogen-bond acceptors (Lipinski definition) is 4. The van der Waals surface area contributed by atoms with Crippen LogP contribution in [-0.4, -0.2) is 0 Å². The summed E-state index contributed by atoms with van der Waals surface area (Å²) in [6.07, 6.45) is 0. The van der Waals surface area contributed by atoms with Gasteiger partial charge < -0.3 is 0 Å². The maximum atomic E-state index is 9.16. The zero-order valence-electron chi connectivity index (χ0n) is 9.05. The maximum absolute atomic E-state index is 9.16. The Kier molecular flexibility index (Phi) is 2.74. The van der Waals surface area contributed by atoms with Gasteiger partial charge in [0.25, 0.3) is 0 Å². The SMILES string of the molecule is N#CC1(C#N)C(c2ccc(I)cc2)C1(C#N)C#N. The van der Waals surface area contributed by atoms with Crippen molar-refractivity contribution in [1.82, 2.24) is 0 Å². The number of hydrogen-bond donors (Lipinski definition) is 0. The molecule has 0 spiro atoms. The second kappa shape index (κ2) is 3.98. The van der Waals surface area contributed by atoms with Gasteiger partial charge in [0.15, 0.2) is 10.8 Å². The molecular formula is C13H5IN4. The zero-order valence-corrected chi connectivity index (χ0v) is 11.2. The molecule has 0 aliphatic heterocycles. The molecule has 84 valence electrons. The summed E-state index contributed by atoms with van der Waals surface area (Å²) in [6, 6.07) is 14.6. The highest BCUT2D eigenvalue weighted by molar-refractivity contribution is 14.1. The Morgan fingerprint density at radius 1 is 0.833 bits per heavy atom. The monoisotopic (exact) mass is 344 g/mol. The van der Waals surface area contributed by atoms with Crippen molar-refractivity contribution in [3.05, 3.63) is 33.4 Å². The van der Waals surface area contributed by atoms with Gasteiger partial charge in [-0.2, -0.15) is 21.0 Å². The summed E-state index contributed by atoms with van der Waals surface area (Å²) in [5.41, 5.74) is -2.42. The molecule has 1 fully saturated rings. The van der Waals surface area contributed by atoms with E-state index < -0.39 is 16.7 Å². The van der Waals surface area contributed by atoms with Gasteiger partial charge in [-0.15, -0.1) is 0 Å². The zero-order chi connectivity index (χ0) is 13.4. The fourth-order valence-corrected chi connectivity index (χ4v) is 2.65. The van der Waals surface area contributed by atoms with E-state index in [-0.39, 0.29) is 0 Å². The number of halogens is 1. The van der Waals surface area contributed by atoms with Gasteiger partial charge in [0.2, 0.25) is 0 Å². The average Bonchev–Trinajstić information content (AvgIpc) is 3.02. The molecule has 0 radical (unpaired) electrons. The van der Waals surface area contributed by atoms with E-state index in [1.54, 1.807) is 12.1 Å². The molecule has 1 aliphatic carbocycles. The van der Waals surface area contributed by atoms with E-state index in [1.165, 1.54) is 0 Å². The van der Waals surface area contributed by atoms with Gasteiger partial charge in [-0.3, -0.25) is 0 Å². The van der Waals surface area contributed by atoms with E-state index in [9.17, 15) is 0 Å². The van der Waals surface area contributed by atoms with Gasteiger partial charge in [0.05, 0.1) is 30.2 Å². The molecule has 1 aromatic carbocycles. The topological polar surface area (TPSA) is 95.2 Å². The molecular weight excluding hydrogens is 339 g/mol. The number of nitrogens with zero attached hydrogens (tertiary/aromatic N) is 4. The van der Waals surface area contributed by atoms with Crippen LogP contribution in [0, 0.1) is 59.7 Å². The van der Waals surface area contributed by atoms with Crippen molar-refractivity contribution in [2.24, 2.45) is 10.8 Å². The van der Waals surface area contributed by atoms with Gasteiger partial charge in [0, 0.05) is 3.57 Å². The third-order valence-corrected chi connectivity index (χ3v) is 4.03. The van der Waals surface area contributed by atoms with Gasteiger partial charge in [-0.25, -0.2) is 0 Å². The Hall–Kier alpha value is -2.09. The van der Waals surface area contributed by atoms with E-state index in [1.807, 2.05) is 36.4 Å². The van der Waals surface area contributed by atoms with E-state index in [2.05, 4.69) is 22.6 Å². The van der Waals surface area contributed by atoms with Gasteiger partial charge in [0.1, 0.15) is 0 Å². The van der Waals surface area contributed by atoms with E-state index >= 15 is 0 Å². The second-order valence-corrected chi connectivity index (χ2v) is 5.29. The molecule has 0 saturated heterocycles. The Morgan fingerprint density at radius 2 is 1.22 bits per heavy atom. The first-order chi connectivity index (χ1) is 8.61. The Labute approximate surface area is 118 Å². The lowest BCUT2D eigenvalue weighted by Gasteiger charge is -1.99. The van der Waals surface area contributed by atoms with E-state index in [0.29, 0.717) is 5.56 Å². The molecule has 0 N–H and O–H groups in total. The molecule has 5 heteroatoms. The second-order valence-electron chi connectivity index (χ2n) is 4.05. The minimum absolute atomic E-state index is 0.660. The fraction of sp³-hybridized carbons (Fsp3) is 0.231. The number of rotatable bonds is 1. The first-order valence-electron chi connectivity index (χ1n) is 5.02. The predicted octanol–water partition coefficient (Wildman–Crippen LogP) is 2.46. The van der Waals surface area contributed by atoms with Crippen LogP contribution in [-0.2, 0) is 0 Å². The maximum Gasteiger partial charge on any atom is 0.185 e. The number of nitriles is 4. The van der Waals surface area contributed by atoms with Crippen molar-refractivity contribution in [3.8, 4) is 24.3 Å². The molecule has 1 aromatic rings. The first-order valence-corrected chi connectivity index (χ1v) is 6.10. The van der Waals surface area contributed by atoms with Crippen molar-refractivity contribution in [2.45, 2.75) is 5.92 Å². The van der Waals surface area contributed by atoms with Gasteiger partial charge in [-0.05, 0) is 40.3 Å². The minimum Gasteiger partial charge on any atom is -0.196 e. The molecule has 0 aromatic heterocycles. The summed E-state index contributed by atoms with van der Waals surface area (Å²) in [5.74, 6) is -0.660. The van der Waals surface area contributed by atoms with Crippen LogP contribution < -0.4 is 0 Å². The van der Waals surface area contributed by atoms with Crippen molar-refractivity contribution in [3.63, 3.8) is 0 Å². The standard InChI is InChI=1S/C13H5IN4/c14-10-3-1-9(2-4-10)11-12(5-15,6-16)13(11,7-17)8-18/h1-4,11H. The van der Waals surface area contributed by atoms with Gasteiger partial charge in [-0.1, -0.05) is 12.1 Å². The van der Waals surface area contributed by atoms with Gasteiger partial charge >= 0.3 is 0 Å². The number of benzene rings is 1. The van der Waals surface area contributed by atoms with Crippen LogP contribution in [0.3, 0.4) is 0 Å². The molecule has 18 heavy (non-hydrogen) atoms. The molecule has 0 heterocycles. The Balaban J connectivity index is 2.58. The summed E-state index contributed by atoms with van der Waals surface area (Å²) in [4.78, 5) is 0. The van der Waals surface area contributed by atoms with Crippen molar-refractivity contribution >= 4 is 22.6 Å². The van der Waals surface area contributed by atoms with Crippen molar-refractivity contribution < 1.29 is 0 Å². The van der Waals surface area contributed by atoms with Crippen LogP contribution in [0.4, 0.5) is 0 Å². The van der Waals surface area contributed by atoms with E-state index in [4.69, 9.17) is 21.0 Å². The van der Waals surface area contributed by atoms with E-state index in [0.717, 1.165) is 3.57 Å².